The molecule has 0 aromatic heterocycles. The summed E-state index contributed by atoms with van der Waals surface area (Å²) in [6.45, 7) is 3.38. The fourth-order valence-corrected chi connectivity index (χ4v) is 5.81. The molecule has 2 fully saturated rings. The summed E-state index contributed by atoms with van der Waals surface area (Å²) in [6.07, 6.45) is 2.27. The average molecular weight is 481 g/mol. The van der Waals surface area contributed by atoms with Gasteiger partial charge >= 0.3 is 5.97 Å². The van der Waals surface area contributed by atoms with Crippen molar-refractivity contribution in [2.45, 2.75) is 31.8 Å². The number of fused-ring (bicyclic) bond motifs is 1. The number of esters is 1. The summed E-state index contributed by atoms with van der Waals surface area (Å²) in [7, 11) is 1.30. The molecule has 0 spiro atoms. The zero-order valence-electron chi connectivity index (χ0n) is 19.7. The second-order valence-corrected chi connectivity index (χ2v) is 9.79. The molecule has 34 heavy (non-hydrogen) atoms. The fraction of sp³-hybridized carbons (Fsp3) is 0.385. The lowest BCUT2D eigenvalue weighted by molar-refractivity contribution is -0.152. The van der Waals surface area contributed by atoms with Gasteiger partial charge in [0.1, 0.15) is 5.54 Å². The van der Waals surface area contributed by atoms with Crippen LogP contribution in [0.25, 0.3) is 0 Å². The number of hydrogen-bond acceptors (Lipinski definition) is 7. The van der Waals surface area contributed by atoms with E-state index in [1.807, 2.05) is 37.4 Å². The van der Waals surface area contributed by atoms with Crippen molar-refractivity contribution >= 4 is 41.0 Å². The molecule has 0 radical (unpaired) electrons. The number of thioether (sulfide) groups is 1. The van der Waals surface area contributed by atoms with Crippen LogP contribution < -0.4 is 10.2 Å². The summed E-state index contributed by atoms with van der Waals surface area (Å²) in [5.41, 5.74) is 1.23. The Balaban J connectivity index is 1.88. The normalized spacial score (nSPS) is 26.0. The predicted molar refractivity (Wildman–Crippen MR) is 131 cm³/mol. The molecule has 2 amide bonds. The maximum absolute atomic E-state index is 13.9. The van der Waals surface area contributed by atoms with Gasteiger partial charge in [0.2, 0.25) is 11.8 Å². The molecule has 178 valence electrons. The summed E-state index contributed by atoms with van der Waals surface area (Å²) in [6, 6.07) is 13.6. The highest BCUT2D eigenvalue weighted by molar-refractivity contribution is 7.98. The number of amides is 2. The predicted octanol–water partition coefficient (Wildman–Crippen LogP) is 3.31. The number of nitrogens with zero attached hydrogens (tertiary/aromatic N) is 1. The number of carbonyl (C=O) groups excluding carboxylic acids is 4. The number of Topliss-reactive ketones (excluding diaryl/α,β-unsaturated/α-hetero) is 1. The lowest BCUT2D eigenvalue weighted by Crippen LogP contribution is -2.56. The third-order valence-electron chi connectivity index (χ3n) is 6.94. The van der Waals surface area contributed by atoms with Crippen LogP contribution in [0.3, 0.4) is 0 Å². The Kier molecular flexibility index (Phi) is 6.64. The molecule has 7 nitrogen and oxygen atoms in total. The van der Waals surface area contributed by atoms with Gasteiger partial charge in [0.15, 0.2) is 5.78 Å². The molecule has 2 saturated heterocycles. The third-order valence-corrected chi connectivity index (χ3v) is 7.55. The molecule has 4 rings (SSSR count). The van der Waals surface area contributed by atoms with E-state index < -0.39 is 35.3 Å². The van der Waals surface area contributed by atoms with Gasteiger partial charge in [0.05, 0.1) is 24.6 Å². The number of methoxy groups -OCH3 is 1. The standard InChI is InChI=1S/C26H28N2O5S/c1-15-8-5-6-11-19(15)22-20-21(26(27-22,12-13-34-4)25(32)33-3)24(31)28(23(20)30)18-10-7-9-17(14-18)16(2)29/h5-11,14,20-22,27H,12-13H2,1-4H3/t20-,21+,22-,26-/m1/s1. The number of benzene rings is 2. The Morgan fingerprint density at radius 2 is 1.85 bits per heavy atom. The van der Waals surface area contributed by atoms with Gasteiger partial charge in [-0.2, -0.15) is 11.8 Å². The van der Waals surface area contributed by atoms with Crippen molar-refractivity contribution in [1.82, 2.24) is 5.32 Å². The molecule has 0 saturated carbocycles. The molecule has 2 aromatic carbocycles. The monoisotopic (exact) mass is 480 g/mol. The highest BCUT2D eigenvalue weighted by Crippen LogP contribution is 2.52. The molecule has 2 aliphatic rings. The first-order chi connectivity index (χ1) is 16.3. The summed E-state index contributed by atoms with van der Waals surface area (Å²) in [5, 5.41) is 3.40. The Morgan fingerprint density at radius 3 is 2.50 bits per heavy atom. The van der Waals surface area contributed by atoms with Crippen molar-refractivity contribution in [3.05, 3.63) is 65.2 Å². The van der Waals surface area contributed by atoms with Gasteiger partial charge in [-0.3, -0.25) is 24.5 Å². The van der Waals surface area contributed by atoms with E-state index in [1.54, 1.807) is 36.0 Å². The van der Waals surface area contributed by atoms with E-state index in [0.717, 1.165) is 16.0 Å². The second kappa shape index (κ2) is 9.35. The van der Waals surface area contributed by atoms with Crippen LogP contribution in [0.1, 0.15) is 40.9 Å². The van der Waals surface area contributed by atoms with Gasteiger partial charge in [-0.05, 0) is 55.5 Å². The minimum Gasteiger partial charge on any atom is -0.468 e. The first-order valence-corrected chi connectivity index (χ1v) is 12.6. The maximum atomic E-state index is 13.9. The van der Waals surface area contributed by atoms with Crippen molar-refractivity contribution in [2.24, 2.45) is 11.8 Å². The van der Waals surface area contributed by atoms with Crippen LogP contribution in [0.15, 0.2) is 48.5 Å². The smallest absolute Gasteiger partial charge is 0.326 e. The Hall–Kier alpha value is -2.97. The molecule has 0 aliphatic carbocycles. The van der Waals surface area contributed by atoms with Gasteiger partial charge in [0.25, 0.3) is 0 Å². The van der Waals surface area contributed by atoms with Gasteiger partial charge in [0, 0.05) is 11.6 Å². The first-order valence-electron chi connectivity index (χ1n) is 11.2. The average Bonchev–Trinajstić information content (AvgIpc) is 3.31. The van der Waals surface area contributed by atoms with E-state index in [9.17, 15) is 19.2 Å². The highest BCUT2D eigenvalue weighted by Gasteiger charge is 2.68. The van der Waals surface area contributed by atoms with Crippen LogP contribution in [0, 0.1) is 18.8 Å². The van der Waals surface area contributed by atoms with E-state index in [0.29, 0.717) is 23.4 Å². The quantitative estimate of drug-likeness (QED) is 0.369. The Bertz CT molecular complexity index is 1170. The number of rotatable bonds is 7. The topological polar surface area (TPSA) is 92.8 Å². The summed E-state index contributed by atoms with van der Waals surface area (Å²) in [5.74, 6) is -2.65. The Morgan fingerprint density at radius 1 is 1.12 bits per heavy atom. The van der Waals surface area contributed by atoms with Crippen molar-refractivity contribution in [3.8, 4) is 0 Å². The zero-order valence-corrected chi connectivity index (χ0v) is 20.5. The lowest BCUT2D eigenvalue weighted by Gasteiger charge is -2.32. The van der Waals surface area contributed by atoms with Gasteiger partial charge < -0.3 is 4.74 Å². The van der Waals surface area contributed by atoms with Crippen LogP contribution >= 0.6 is 11.8 Å². The molecule has 0 bridgehead atoms. The van der Waals surface area contributed by atoms with E-state index in [1.165, 1.54) is 14.0 Å². The minimum absolute atomic E-state index is 0.163. The number of hydrogen-bond donors (Lipinski definition) is 1. The van der Waals surface area contributed by atoms with Crippen LogP contribution in [0.4, 0.5) is 5.69 Å². The van der Waals surface area contributed by atoms with Gasteiger partial charge in [-0.1, -0.05) is 36.4 Å². The van der Waals surface area contributed by atoms with Crippen molar-refractivity contribution in [3.63, 3.8) is 0 Å². The SMILES string of the molecule is COC(=O)[C@]1(CCSC)N[C@H](c2ccccc2C)[C@@H]2C(=O)N(c3cccc(C(C)=O)c3)C(=O)[C@H]21. The van der Waals surface area contributed by atoms with E-state index in [2.05, 4.69) is 5.32 Å². The molecule has 1 N–H and O–H groups in total. The number of nitrogens with one attached hydrogen (secondary N) is 1. The number of anilines is 1. The maximum Gasteiger partial charge on any atom is 0.326 e. The third kappa shape index (κ3) is 3.75. The minimum atomic E-state index is -1.34. The van der Waals surface area contributed by atoms with Gasteiger partial charge in [-0.25, -0.2) is 4.90 Å². The number of aryl methyl sites for hydroxylation is 1. The van der Waals surface area contributed by atoms with Crippen LogP contribution in [-0.4, -0.2) is 48.2 Å². The number of ether oxygens (including phenoxy) is 1. The fourth-order valence-electron chi connectivity index (χ4n) is 5.29. The van der Waals surface area contributed by atoms with Gasteiger partial charge in [-0.15, -0.1) is 0 Å². The molecule has 2 heterocycles. The number of ketones is 1. The largest absolute Gasteiger partial charge is 0.468 e. The van der Waals surface area contributed by atoms with E-state index in [-0.39, 0.29) is 11.7 Å². The van der Waals surface area contributed by atoms with E-state index >= 15 is 0 Å². The molecular weight excluding hydrogens is 452 g/mol. The summed E-state index contributed by atoms with van der Waals surface area (Å²) in [4.78, 5) is 54.1. The molecule has 8 heteroatoms. The Labute approximate surface area is 203 Å². The van der Waals surface area contributed by atoms with Crippen molar-refractivity contribution < 1.29 is 23.9 Å². The van der Waals surface area contributed by atoms with Crippen LogP contribution in [0.5, 0.6) is 0 Å². The molecular formula is C26H28N2O5S. The first kappa shape index (κ1) is 24.2. The number of imide groups is 1. The molecule has 2 aromatic rings. The van der Waals surface area contributed by atoms with Crippen LogP contribution in [-0.2, 0) is 19.1 Å². The summed E-state index contributed by atoms with van der Waals surface area (Å²) >= 11 is 1.56. The molecule has 2 aliphatic heterocycles. The van der Waals surface area contributed by atoms with Crippen LogP contribution in [0.2, 0.25) is 0 Å². The molecule has 4 atom stereocenters. The van der Waals surface area contributed by atoms with Crippen molar-refractivity contribution in [1.29, 1.82) is 0 Å². The summed E-state index contributed by atoms with van der Waals surface area (Å²) < 4.78 is 5.19. The zero-order chi connectivity index (χ0) is 24.6. The van der Waals surface area contributed by atoms with E-state index in [4.69, 9.17) is 4.74 Å². The molecule has 0 unspecified atom stereocenters. The van der Waals surface area contributed by atoms with Crippen molar-refractivity contribution in [2.75, 3.05) is 24.0 Å². The number of carbonyl (C=O) groups is 4. The second-order valence-electron chi connectivity index (χ2n) is 8.81. The lowest BCUT2D eigenvalue weighted by atomic mass is 9.77. The highest BCUT2D eigenvalue weighted by atomic mass is 32.2.